The molecule has 0 aliphatic heterocycles. The second-order valence-electron chi connectivity index (χ2n) is 4.99. The number of halogens is 2. The zero-order chi connectivity index (χ0) is 18.4. The van der Waals surface area contributed by atoms with Gasteiger partial charge in [0.15, 0.2) is 4.34 Å². The number of hydrogen-bond acceptors (Lipinski definition) is 6. The van der Waals surface area contributed by atoms with Crippen LogP contribution in [0.2, 0.25) is 10.0 Å². The fourth-order valence-electron chi connectivity index (χ4n) is 1.91. The highest BCUT2D eigenvalue weighted by molar-refractivity contribution is 8.01. The Kier molecular flexibility index (Phi) is 6.62. The number of hydrazone groups is 1. The highest BCUT2D eigenvalue weighted by Gasteiger charge is 2.09. The molecule has 0 fully saturated rings. The summed E-state index contributed by atoms with van der Waals surface area (Å²) in [5, 5.41) is 14.0. The lowest BCUT2D eigenvalue weighted by Crippen LogP contribution is -2.19. The van der Waals surface area contributed by atoms with Crippen LogP contribution < -0.4 is 5.43 Å². The Morgan fingerprint density at radius 3 is 2.77 bits per heavy atom. The van der Waals surface area contributed by atoms with Crippen molar-refractivity contribution in [1.29, 1.82) is 0 Å². The van der Waals surface area contributed by atoms with Crippen LogP contribution in [0.5, 0.6) is 0 Å². The SMILES string of the molecule is O=C(CSc1nnc(-c2ccccc2)s1)NN=Cc1ccc(Cl)cc1Cl. The van der Waals surface area contributed by atoms with E-state index in [0.29, 0.717) is 15.6 Å². The Hall–Kier alpha value is -1.93. The molecule has 132 valence electrons. The maximum Gasteiger partial charge on any atom is 0.250 e. The molecule has 9 heteroatoms. The second kappa shape index (κ2) is 9.14. The molecular formula is C17H12Cl2N4OS2. The van der Waals surface area contributed by atoms with Crippen molar-refractivity contribution in [2.24, 2.45) is 5.10 Å². The summed E-state index contributed by atoms with van der Waals surface area (Å²) in [6, 6.07) is 14.8. The molecule has 1 amide bonds. The first-order valence-corrected chi connectivity index (χ1v) is 9.96. The van der Waals surface area contributed by atoms with Gasteiger partial charge in [-0.1, -0.05) is 82.7 Å². The van der Waals surface area contributed by atoms with Crippen LogP contribution in [0.1, 0.15) is 5.56 Å². The van der Waals surface area contributed by atoms with Crippen molar-refractivity contribution in [3.05, 3.63) is 64.1 Å². The predicted octanol–water partition coefficient (Wildman–Crippen LogP) is 4.75. The first-order chi connectivity index (χ1) is 12.6. The number of hydrogen-bond donors (Lipinski definition) is 1. The van der Waals surface area contributed by atoms with E-state index in [1.807, 2.05) is 30.3 Å². The van der Waals surface area contributed by atoms with Crippen LogP contribution in [0.4, 0.5) is 0 Å². The van der Waals surface area contributed by atoms with E-state index in [4.69, 9.17) is 23.2 Å². The average Bonchev–Trinajstić information content (AvgIpc) is 3.12. The molecule has 1 aromatic heterocycles. The standard InChI is InChI=1S/C17H12Cl2N4OS2/c18-13-7-6-12(14(19)8-13)9-20-21-15(24)10-25-17-23-22-16(26-17)11-4-2-1-3-5-11/h1-9H,10H2,(H,21,24). The van der Waals surface area contributed by atoms with Gasteiger partial charge < -0.3 is 0 Å². The van der Waals surface area contributed by atoms with Gasteiger partial charge in [-0.2, -0.15) is 5.10 Å². The molecule has 2 aromatic carbocycles. The largest absolute Gasteiger partial charge is 0.272 e. The molecule has 1 heterocycles. The molecule has 1 N–H and O–H groups in total. The third-order valence-electron chi connectivity index (χ3n) is 3.11. The number of thioether (sulfide) groups is 1. The van der Waals surface area contributed by atoms with E-state index >= 15 is 0 Å². The summed E-state index contributed by atoms with van der Waals surface area (Å²) >= 11 is 14.6. The normalized spacial score (nSPS) is 11.0. The Morgan fingerprint density at radius 1 is 1.19 bits per heavy atom. The molecule has 0 atom stereocenters. The summed E-state index contributed by atoms with van der Waals surface area (Å²) < 4.78 is 0.726. The van der Waals surface area contributed by atoms with Crippen molar-refractivity contribution in [1.82, 2.24) is 15.6 Å². The highest BCUT2D eigenvalue weighted by Crippen LogP contribution is 2.28. The van der Waals surface area contributed by atoms with Crippen molar-refractivity contribution < 1.29 is 4.79 Å². The quantitative estimate of drug-likeness (QED) is 0.353. The van der Waals surface area contributed by atoms with Gasteiger partial charge in [-0.05, 0) is 12.1 Å². The van der Waals surface area contributed by atoms with Crippen molar-refractivity contribution in [2.75, 3.05) is 5.75 Å². The number of carbonyl (C=O) groups excluding carboxylic acids is 1. The lowest BCUT2D eigenvalue weighted by atomic mass is 10.2. The maximum atomic E-state index is 11.9. The van der Waals surface area contributed by atoms with Gasteiger partial charge in [0.2, 0.25) is 0 Å². The molecule has 0 unspecified atom stereocenters. The van der Waals surface area contributed by atoms with E-state index < -0.39 is 0 Å². The van der Waals surface area contributed by atoms with Crippen LogP contribution in [0.3, 0.4) is 0 Å². The fraction of sp³-hybridized carbons (Fsp3) is 0.0588. The molecule has 5 nitrogen and oxygen atoms in total. The summed E-state index contributed by atoms with van der Waals surface area (Å²) in [7, 11) is 0. The first kappa shape index (κ1) is 18.8. The number of aromatic nitrogens is 2. The van der Waals surface area contributed by atoms with E-state index in [-0.39, 0.29) is 11.7 Å². The van der Waals surface area contributed by atoms with Gasteiger partial charge in [0.05, 0.1) is 17.0 Å². The van der Waals surface area contributed by atoms with Gasteiger partial charge in [-0.15, -0.1) is 10.2 Å². The fourth-order valence-corrected chi connectivity index (χ4v) is 4.01. The maximum absolute atomic E-state index is 11.9. The Morgan fingerprint density at radius 2 is 2.00 bits per heavy atom. The Balaban J connectivity index is 1.50. The molecule has 0 aliphatic carbocycles. The second-order valence-corrected chi connectivity index (χ2v) is 8.03. The minimum atomic E-state index is -0.243. The minimum Gasteiger partial charge on any atom is -0.272 e. The summed E-state index contributed by atoms with van der Waals surface area (Å²) in [4.78, 5) is 11.9. The van der Waals surface area contributed by atoms with Gasteiger partial charge in [-0.25, -0.2) is 5.43 Å². The topological polar surface area (TPSA) is 67.2 Å². The van der Waals surface area contributed by atoms with E-state index in [9.17, 15) is 4.79 Å². The van der Waals surface area contributed by atoms with E-state index in [0.717, 1.165) is 14.9 Å². The monoisotopic (exact) mass is 422 g/mol. The Bertz CT molecular complexity index is 932. The lowest BCUT2D eigenvalue weighted by molar-refractivity contribution is -0.118. The predicted molar refractivity (Wildman–Crippen MR) is 108 cm³/mol. The van der Waals surface area contributed by atoms with Crippen molar-refractivity contribution in [3.8, 4) is 10.6 Å². The summed E-state index contributed by atoms with van der Waals surface area (Å²) in [6.45, 7) is 0. The molecule has 0 saturated heterocycles. The van der Waals surface area contributed by atoms with E-state index in [2.05, 4.69) is 20.7 Å². The van der Waals surface area contributed by atoms with Gasteiger partial charge in [0.25, 0.3) is 5.91 Å². The van der Waals surface area contributed by atoms with Crippen molar-refractivity contribution >= 4 is 58.4 Å². The lowest BCUT2D eigenvalue weighted by Gasteiger charge is -1.99. The zero-order valence-corrected chi connectivity index (χ0v) is 16.4. The molecule has 0 bridgehead atoms. The molecule has 0 radical (unpaired) electrons. The van der Waals surface area contributed by atoms with Crippen LogP contribution in [-0.4, -0.2) is 28.1 Å². The molecule has 0 aliphatic rings. The van der Waals surface area contributed by atoms with Crippen LogP contribution in [-0.2, 0) is 4.79 Å². The number of carbonyl (C=O) groups is 1. The number of benzene rings is 2. The smallest absolute Gasteiger partial charge is 0.250 e. The van der Waals surface area contributed by atoms with Gasteiger partial charge >= 0.3 is 0 Å². The summed E-state index contributed by atoms with van der Waals surface area (Å²) in [5.41, 5.74) is 4.13. The first-order valence-electron chi connectivity index (χ1n) is 7.40. The number of rotatable bonds is 6. The molecular weight excluding hydrogens is 411 g/mol. The van der Waals surface area contributed by atoms with Gasteiger partial charge in [0, 0.05) is 16.1 Å². The third-order valence-corrected chi connectivity index (χ3v) is 5.78. The van der Waals surface area contributed by atoms with Crippen molar-refractivity contribution in [3.63, 3.8) is 0 Å². The Labute approximate surface area is 168 Å². The van der Waals surface area contributed by atoms with Crippen LogP contribution >= 0.6 is 46.3 Å². The highest BCUT2D eigenvalue weighted by atomic mass is 35.5. The molecule has 0 spiro atoms. The number of amides is 1. The average molecular weight is 423 g/mol. The van der Waals surface area contributed by atoms with Crippen molar-refractivity contribution in [2.45, 2.75) is 4.34 Å². The molecule has 26 heavy (non-hydrogen) atoms. The number of nitrogens with zero attached hydrogens (tertiary/aromatic N) is 3. The van der Waals surface area contributed by atoms with Gasteiger partial charge in [0.1, 0.15) is 5.01 Å². The summed E-state index contributed by atoms with van der Waals surface area (Å²) in [5.74, 6) is -0.0532. The molecule has 0 saturated carbocycles. The molecule has 3 rings (SSSR count). The van der Waals surface area contributed by atoms with Gasteiger partial charge in [-0.3, -0.25) is 4.79 Å². The van der Waals surface area contributed by atoms with E-state index in [1.54, 1.807) is 18.2 Å². The van der Waals surface area contributed by atoms with Crippen LogP contribution in [0.15, 0.2) is 58.0 Å². The zero-order valence-electron chi connectivity index (χ0n) is 13.2. The summed E-state index contributed by atoms with van der Waals surface area (Å²) in [6.07, 6.45) is 1.47. The third kappa shape index (κ3) is 5.28. The molecule has 3 aromatic rings. The van der Waals surface area contributed by atoms with Crippen LogP contribution in [0.25, 0.3) is 10.6 Å². The number of nitrogens with one attached hydrogen (secondary N) is 1. The van der Waals surface area contributed by atoms with E-state index in [1.165, 1.54) is 29.3 Å². The van der Waals surface area contributed by atoms with Crippen LogP contribution in [0, 0.1) is 0 Å². The minimum absolute atomic E-state index is 0.190.